The molecule has 0 spiro atoms. The average Bonchev–Trinajstić information content (AvgIpc) is 3.59. The van der Waals surface area contributed by atoms with E-state index in [-0.39, 0.29) is 36.5 Å². The molecule has 3 fully saturated rings. The van der Waals surface area contributed by atoms with E-state index >= 15 is 0 Å². The number of anilines is 1. The number of hydrogen-bond acceptors (Lipinski definition) is 17. The second-order valence-corrected chi connectivity index (χ2v) is 15.4. The van der Waals surface area contributed by atoms with Crippen molar-refractivity contribution in [3.8, 4) is 6.07 Å². The number of fused-ring (bicyclic) bond motifs is 1. The van der Waals surface area contributed by atoms with Gasteiger partial charge in [0.1, 0.15) is 68.3 Å². The minimum Gasteiger partial charge on any atom is -0.479 e. The summed E-state index contributed by atoms with van der Waals surface area (Å²) in [5.74, 6) is -2.68. The van der Waals surface area contributed by atoms with Gasteiger partial charge in [0, 0.05) is 38.7 Å². The molecule has 58 heavy (non-hydrogen) atoms. The van der Waals surface area contributed by atoms with Crippen molar-refractivity contribution in [3.05, 3.63) is 18.6 Å². The Balaban J connectivity index is 1.24. The van der Waals surface area contributed by atoms with Crippen LogP contribution in [0.4, 0.5) is 10.6 Å². The van der Waals surface area contributed by atoms with Crippen LogP contribution in [0.15, 0.2) is 18.6 Å². The van der Waals surface area contributed by atoms with Gasteiger partial charge in [-0.25, -0.2) is 19.6 Å². The second-order valence-electron chi connectivity index (χ2n) is 15.4. The van der Waals surface area contributed by atoms with Crippen LogP contribution in [0.25, 0.3) is 11.0 Å². The van der Waals surface area contributed by atoms with Crippen molar-refractivity contribution in [3.63, 3.8) is 0 Å². The standard InChI is InChI=1S/C36H50N8O14/c1-17-7-10-43(22(46)6-9-37)13-20(17)42(5)31-19-8-11-44(32(19)40-16-39-31)35(54)38-12-23(47)55-14-21-24(48)28(30(41-18(2)45)36(3,4)15-56-21)57-34-27(51)25(49)26(50)29(58-34)33(52)53/h8,11,16-17,20-21,24-30,34,48-51H,6-7,10,12-15H2,1-5H3,(H,38,54)(H,41,45)(H,52,53)/t17-,20+,21?,24-,25?,26+,27?,28?,29?,30?,34-/m1/s1. The molecule has 0 saturated carbocycles. The zero-order valence-corrected chi connectivity index (χ0v) is 32.6. The minimum absolute atomic E-state index is 0.127. The van der Waals surface area contributed by atoms with Crippen molar-refractivity contribution < 1.29 is 68.5 Å². The number of carbonyl (C=O) groups is 5. The lowest BCUT2D eigenvalue weighted by atomic mass is 9.80. The number of carbonyl (C=O) groups excluding carboxylic acids is 4. The average molecular weight is 819 g/mol. The van der Waals surface area contributed by atoms with Crippen LogP contribution in [0.5, 0.6) is 0 Å². The molecule has 0 aliphatic carbocycles. The quantitative estimate of drug-likeness (QED) is 0.117. The van der Waals surface area contributed by atoms with E-state index in [2.05, 4.69) is 27.5 Å². The number of nitrogens with one attached hydrogen (secondary N) is 2. The van der Waals surface area contributed by atoms with Gasteiger partial charge >= 0.3 is 18.0 Å². The van der Waals surface area contributed by atoms with Crippen LogP contribution in [0.3, 0.4) is 0 Å². The van der Waals surface area contributed by atoms with Crippen molar-refractivity contribution >= 4 is 46.6 Å². The van der Waals surface area contributed by atoms with Crippen molar-refractivity contribution in [1.82, 2.24) is 30.1 Å². The summed E-state index contributed by atoms with van der Waals surface area (Å²) >= 11 is 0. The van der Waals surface area contributed by atoms with Crippen molar-refractivity contribution in [2.24, 2.45) is 11.3 Å². The number of aliphatic hydroxyl groups excluding tert-OH is 4. The molecule has 6 unspecified atom stereocenters. The van der Waals surface area contributed by atoms with E-state index in [1.165, 1.54) is 24.0 Å². The van der Waals surface area contributed by atoms with Gasteiger partial charge in [-0.05, 0) is 18.4 Å². The Kier molecular flexibility index (Phi) is 13.9. The van der Waals surface area contributed by atoms with Gasteiger partial charge in [0.05, 0.1) is 30.1 Å². The maximum atomic E-state index is 13.3. The van der Waals surface area contributed by atoms with Crippen LogP contribution in [0.2, 0.25) is 0 Å². The smallest absolute Gasteiger partial charge is 0.335 e. The SMILES string of the molecule is CC(=O)NC1C(O[C@@H]2OC(C(=O)O)[C@@H](O)C(O)C2O)[C@H](O)C(COC(=O)CNC(=O)n2ccc3c(N(C)[C@H]4CN(C(=O)CC#N)CC[C@H]4C)ncnc32)OCC1(C)C. The number of aromatic nitrogens is 3. The van der Waals surface area contributed by atoms with Gasteiger partial charge in [-0.1, -0.05) is 20.8 Å². The number of esters is 1. The van der Waals surface area contributed by atoms with E-state index in [4.69, 9.17) is 24.2 Å². The number of nitriles is 1. The molecule has 7 N–H and O–H groups in total. The molecule has 5 rings (SSSR count). The Hall–Kier alpha value is -5.02. The zero-order valence-electron chi connectivity index (χ0n) is 32.6. The Morgan fingerprint density at radius 1 is 1.10 bits per heavy atom. The van der Waals surface area contributed by atoms with Gasteiger partial charge in [-0.2, -0.15) is 5.26 Å². The maximum absolute atomic E-state index is 13.3. The number of rotatable bonds is 11. The predicted molar refractivity (Wildman–Crippen MR) is 196 cm³/mol. The van der Waals surface area contributed by atoms with Crippen LogP contribution in [0.1, 0.15) is 40.5 Å². The summed E-state index contributed by atoms with van der Waals surface area (Å²) in [4.78, 5) is 74.9. The largest absolute Gasteiger partial charge is 0.479 e. The summed E-state index contributed by atoms with van der Waals surface area (Å²) in [5.41, 5.74) is -0.762. The molecule has 3 aliphatic heterocycles. The predicted octanol–water partition coefficient (Wildman–Crippen LogP) is -2.31. The maximum Gasteiger partial charge on any atom is 0.335 e. The van der Waals surface area contributed by atoms with Crippen LogP contribution in [-0.2, 0) is 38.1 Å². The van der Waals surface area contributed by atoms with Crippen LogP contribution in [-0.4, -0.2) is 176 Å². The minimum atomic E-state index is -2.01. The van der Waals surface area contributed by atoms with E-state index in [1.54, 1.807) is 24.8 Å². The monoisotopic (exact) mass is 818 g/mol. The first-order valence-electron chi connectivity index (χ1n) is 18.6. The molecule has 3 saturated heterocycles. The fourth-order valence-electron chi connectivity index (χ4n) is 7.44. The van der Waals surface area contributed by atoms with E-state index in [0.717, 1.165) is 6.42 Å². The van der Waals surface area contributed by atoms with E-state index in [1.807, 2.05) is 18.0 Å². The molecule has 0 aromatic carbocycles. The normalized spacial score (nSPS) is 31.0. The lowest BCUT2D eigenvalue weighted by molar-refractivity contribution is -0.315. The number of likely N-dealkylation sites (tertiary alicyclic amines) is 1. The van der Waals surface area contributed by atoms with Gasteiger partial charge < -0.3 is 64.9 Å². The number of piperidine rings is 1. The summed E-state index contributed by atoms with van der Waals surface area (Å²) < 4.78 is 23.6. The summed E-state index contributed by atoms with van der Waals surface area (Å²) in [7, 11) is 1.83. The number of ether oxygens (including phenoxy) is 4. The topological polar surface area (TPSA) is 308 Å². The van der Waals surface area contributed by atoms with E-state index in [0.29, 0.717) is 24.3 Å². The summed E-state index contributed by atoms with van der Waals surface area (Å²) in [6.07, 6.45) is -11.2. The first kappa shape index (κ1) is 44.1. The fraction of sp³-hybridized carbons (Fsp3) is 0.667. The molecule has 22 heteroatoms. The number of carboxylic acids is 1. The third-order valence-corrected chi connectivity index (χ3v) is 10.8. The Morgan fingerprint density at radius 2 is 1.83 bits per heavy atom. The highest BCUT2D eigenvalue weighted by molar-refractivity contribution is 5.95. The van der Waals surface area contributed by atoms with Crippen molar-refractivity contribution in [1.29, 1.82) is 5.26 Å². The van der Waals surface area contributed by atoms with E-state index < -0.39 is 97.5 Å². The Labute approximate surface area is 332 Å². The van der Waals surface area contributed by atoms with Gasteiger partial charge in [0.2, 0.25) is 11.8 Å². The number of nitrogens with zero attached hydrogens (tertiary/aromatic N) is 6. The first-order valence-corrected chi connectivity index (χ1v) is 18.6. The van der Waals surface area contributed by atoms with Crippen LogP contribution < -0.4 is 15.5 Å². The number of amides is 3. The molecule has 2 aromatic heterocycles. The Bertz CT molecular complexity index is 1890. The second kappa shape index (κ2) is 18.3. The van der Waals surface area contributed by atoms with Gasteiger partial charge in [0.25, 0.3) is 0 Å². The number of hydrogen-bond donors (Lipinski definition) is 7. The molecule has 0 bridgehead atoms. The highest BCUT2D eigenvalue weighted by Gasteiger charge is 2.53. The van der Waals surface area contributed by atoms with Crippen molar-refractivity contribution in [2.45, 2.75) is 102 Å². The number of carboxylic acid groups (broad SMARTS) is 1. The lowest BCUT2D eigenvalue weighted by Crippen LogP contribution is -2.64. The fourth-order valence-corrected chi connectivity index (χ4v) is 7.44. The van der Waals surface area contributed by atoms with Gasteiger partial charge in [-0.15, -0.1) is 0 Å². The molecule has 3 aliphatic rings. The number of aliphatic carboxylic acids is 1. The first-order chi connectivity index (χ1) is 27.4. The van der Waals surface area contributed by atoms with E-state index in [9.17, 15) is 49.5 Å². The summed E-state index contributed by atoms with van der Waals surface area (Å²) in [5, 5.41) is 66.7. The van der Waals surface area contributed by atoms with Crippen LogP contribution in [0, 0.1) is 22.7 Å². The van der Waals surface area contributed by atoms with Gasteiger partial charge in [0.15, 0.2) is 18.0 Å². The molecular formula is C36H50N8O14. The molecule has 3 amide bonds. The molecule has 5 heterocycles. The third-order valence-electron chi connectivity index (χ3n) is 10.8. The highest BCUT2D eigenvalue weighted by atomic mass is 16.7. The molecular weight excluding hydrogens is 768 g/mol. The van der Waals surface area contributed by atoms with Crippen molar-refractivity contribution in [2.75, 3.05) is 44.8 Å². The zero-order chi connectivity index (χ0) is 42.6. The molecule has 22 nitrogen and oxygen atoms in total. The summed E-state index contributed by atoms with van der Waals surface area (Å²) in [6.45, 7) is 6.20. The highest BCUT2D eigenvalue weighted by Crippen LogP contribution is 2.35. The molecule has 2 aromatic rings. The number of likely N-dealkylation sites (N-methyl/N-ethyl adjacent to an activating group) is 1. The molecule has 11 atom stereocenters. The van der Waals surface area contributed by atoms with Crippen LogP contribution >= 0.6 is 0 Å². The third kappa shape index (κ3) is 9.47. The lowest BCUT2D eigenvalue weighted by Gasteiger charge is -2.43. The Morgan fingerprint density at radius 3 is 2.50 bits per heavy atom. The molecule has 0 radical (unpaired) electrons. The molecule has 318 valence electrons. The van der Waals surface area contributed by atoms with Gasteiger partial charge in [-0.3, -0.25) is 19.0 Å². The number of aliphatic hydroxyl groups is 4. The summed E-state index contributed by atoms with van der Waals surface area (Å²) in [6, 6.07) is 1.61.